The Morgan fingerprint density at radius 2 is 1.83 bits per heavy atom. The molecule has 0 fully saturated rings. The number of ketones is 1. The third kappa shape index (κ3) is 2.41. The minimum absolute atomic E-state index is 0.00755. The van der Waals surface area contributed by atoms with Gasteiger partial charge in [0.2, 0.25) is 0 Å². The molecule has 0 aliphatic carbocycles. The fraction of sp³-hybridized carbons (Fsp3) is 0.143. The van der Waals surface area contributed by atoms with Crippen LogP contribution in [0.3, 0.4) is 0 Å². The summed E-state index contributed by atoms with van der Waals surface area (Å²) in [6.45, 7) is 3.57. The Morgan fingerprint density at radius 1 is 1.17 bits per heavy atom. The van der Waals surface area contributed by atoms with Gasteiger partial charge in [0.15, 0.2) is 5.78 Å². The lowest BCUT2D eigenvalue weighted by molar-refractivity contribution is 0.103. The van der Waals surface area contributed by atoms with E-state index in [0.717, 1.165) is 11.8 Å². The van der Waals surface area contributed by atoms with Crippen LogP contribution in [-0.2, 0) is 0 Å². The van der Waals surface area contributed by atoms with Crippen LogP contribution in [0.15, 0.2) is 30.3 Å². The molecule has 0 amide bonds. The minimum atomic E-state index is -0.618. The van der Waals surface area contributed by atoms with Crippen LogP contribution in [0.5, 0.6) is 0 Å². The maximum atomic E-state index is 13.7. The number of carbonyl (C=O) groups is 1. The molecule has 1 aromatic heterocycles. The van der Waals surface area contributed by atoms with Crippen LogP contribution in [0.2, 0.25) is 5.02 Å². The summed E-state index contributed by atoms with van der Waals surface area (Å²) in [5.41, 5.74) is 1.82. The molecule has 0 radical (unpaired) electrons. The van der Waals surface area contributed by atoms with Crippen molar-refractivity contribution in [3.05, 3.63) is 63.7 Å². The highest BCUT2D eigenvalue weighted by molar-refractivity contribution is 6.30. The molecule has 0 aliphatic rings. The van der Waals surface area contributed by atoms with Gasteiger partial charge in [-0.3, -0.25) is 9.78 Å². The van der Waals surface area contributed by atoms with E-state index >= 15 is 0 Å². The van der Waals surface area contributed by atoms with Crippen LogP contribution < -0.4 is 0 Å². The predicted molar refractivity (Wildman–Crippen MR) is 68.6 cm³/mol. The van der Waals surface area contributed by atoms with Gasteiger partial charge in [-0.2, -0.15) is 0 Å². The van der Waals surface area contributed by atoms with E-state index in [4.69, 9.17) is 11.6 Å². The van der Waals surface area contributed by atoms with Crippen molar-refractivity contribution in [2.45, 2.75) is 13.8 Å². The van der Waals surface area contributed by atoms with E-state index in [0.29, 0.717) is 11.3 Å². The molecule has 0 saturated heterocycles. The average Bonchev–Trinajstić information content (AvgIpc) is 2.28. The van der Waals surface area contributed by atoms with Crippen molar-refractivity contribution < 1.29 is 9.18 Å². The highest BCUT2D eigenvalue weighted by atomic mass is 35.5. The first-order valence-electron chi connectivity index (χ1n) is 5.43. The number of rotatable bonds is 2. The second-order valence-corrected chi connectivity index (χ2v) is 4.48. The number of carbonyl (C=O) groups excluding carboxylic acids is 1. The highest BCUT2D eigenvalue weighted by Crippen LogP contribution is 2.19. The molecular formula is C14H11ClFNO. The molecule has 2 nitrogen and oxygen atoms in total. The number of nitrogens with zero attached hydrogens (tertiary/aromatic N) is 1. The number of halogens is 2. The second-order valence-electron chi connectivity index (χ2n) is 4.04. The first kappa shape index (κ1) is 12.7. The molecule has 0 unspecified atom stereocenters. The van der Waals surface area contributed by atoms with Crippen LogP contribution in [0.4, 0.5) is 4.39 Å². The molecule has 0 spiro atoms. The van der Waals surface area contributed by atoms with E-state index in [-0.39, 0.29) is 16.4 Å². The van der Waals surface area contributed by atoms with Crippen molar-refractivity contribution in [1.82, 2.24) is 4.98 Å². The Bertz CT molecular complexity index is 572. The fourth-order valence-corrected chi connectivity index (χ4v) is 1.90. The summed E-state index contributed by atoms with van der Waals surface area (Å²) in [5, 5.41) is 0.266. The van der Waals surface area contributed by atoms with Gasteiger partial charge in [-0.05, 0) is 44.2 Å². The van der Waals surface area contributed by atoms with E-state index in [1.54, 1.807) is 19.1 Å². The van der Waals surface area contributed by atoms with Crippen molar-refractivity contribution in [1.29, 1.82) is 0 Å². The monoisotopic (exact) mass is 263 g/mol. The van der Waals surface area contributed by atoms with Gasteiger partial charge in [0.1, 0.15) is 5.82 Å². The van der Waals surface area contributed by atoms with E-state index in [9.17, 15) is 9.18 Å². The number of aromatic nitrogens is 1. The molecule has 2 rings (SSSR count). The van der Waals surface area contributed by atoms with E-state index in [1.165, 1.54) is 12.1 Å². The summed E-state index contributed by atoms with van der Waals surface area (Å²) < 4.78 is 13.7. The fourth-order valence-electron chi connectivity index (χ4n) is 1.75. The molecule has 0 atom stereocenters. The largest absolute Gasteiger partial charge is 0.288 e. The standard InChI is InChI=1S/C14H11ClFNO/c1-8-3-5-11(9(2)17-8)14(18)12-6-4-10(15)7-13(12)16/h3-7H,1-2H3. The van der Waals surface area contributed by atoms with Crippen LogP contribution in [-0.4, -0.2) is 10.8 Å². The molecular weight excluding hydrogens is 253 g/mol. The zero-order chi connectivity index (χ0) is 13.3. The van der Waals surface area contributed by atoms with Crippen LogP contribution in [0.1, 0.15) is 27.3 Å². The maximum Gasteiger partial charge on any atom is 0.197 e. The number of aryl methyl sites for hydroxylation is 2. The number of pyridine rings is 1. The van der Waals surface area contributed by atoms with Crippen molar-refractivity contribution in [2.75, 3.05) is 0 Å². The Labute approximate surface area is 109 Å². The molecule has 18 heavy (non-hydrogen) atoms. The van der Waals surface area contributed by atoms with Crippen molar-refractivity contribution >= 4 is 17.4 Å². The van der Waals surface area contributed by atoms with Crippen LogP contribution in [0, 0.1) is 19.7 Å². The molecule has 1 aromatic carbocycles. The molecule has 2 aromatic rings. The van der Waals surface area contributed by atoms with Gasteiger partial charge in [0.05, 0.1) is 5.56 Å². The zero-order valence-corrected chi connectivity index (χ0v) is 10.8. The van der Waals surface area contributed by atoms with E-state index in [1.807, 2.05) is 6.92 Å². The first-order valence-corrected chi connectivity index (χ1v) is 5.81. The SMILES string of the molecule is Cc1ccc(C(=O)c2ccc(Cl)cc2F)c(C)n1. The number of benzene rings is 1. The maximum absolute atomic E-state index is 13.7. The third-order valence-corrected chi connectivity index (χ3v) is 2.88. The topological polar surface area (TPSA) is 30.0 Å². The van der Waals surface area contributed by atoms with Crippen LogP contribution >= 0.6 is 11.6 Å². The molecule has 0 saturated carbocycles. The Morgan fingerprint density at radius 3 is 2.44 bits per heavy atom. The van der Waals surface area contributed by atoms with Crippen molar-refractivity contribution in [3.63, 3.8) is 0 Å². The zero-order valence-electron chi connectivity index (χ0n) is 10.00. The van der Waals surface area contributed by atoms with E-state index in [2.05, 4.69) is 4.98 Å². The van der Waals surface area contributed by atoms with Crippen molar-refractivity contribution in [2.24, 2.45) is 0 Å². The smallest absolute Gasteiger partial charge is 0.197 e. The van der Waals surface area contributed by atoms with Crippen LogP contribution in [0.25, 0.3) is 0 Å². The lowest BCUT2D eigenvalue weighted by atomic mass is 10.0. The Hall–Kier alpha value is -1.74. The third-order valence-electron chi connectivity index (χ3n) is 2.65. The van der Waals surface area contributed by atoms with Gasteiger partial charge >= 0.3 is 0 Å². The minimum Gasteiger partial charge on any atom is -0.288 e. The van der Waals surface area contributed by atoms with Gasteiger partial charge in [0, 0.05) is 22.0 Å². The Balaban J connectivity index is 2.48. The lowest BCUT2D eigenvalue weighted by Gasteiger charge is -2.06. The molecule has 1 heterocycles. The lowest BCUT2D eigenvalue weighted by Crippen LogP contribution is -2.07. The molecule has 92 valence electrons. The van der Waals surface area contributed by atoms with E-state index < -0.39 is 5.82 Å². The molecule has 0 aliphatic heterocycles. The van der Waals surface area contributed by atoms with Crippen molar-refractivity contribution in [3.8, 4) is 0 Å². The number of hydrogen-bond acceptors (Lipinski definition) is 2. The van der Waals surface area contributed by atoms with Gasteiger partial charge in [0.25, 0.3) is 0 Å². The summed E-state index contributed by atoms with van der Waals surface area (Å²) >= 11 is 5.66. The summed E-state index contributed by atoms with van der Waals surface area (Å²) in [6, 6.07) is 7.40. The van der Waals surface area contributed by atoms with Gasteiger partial charge in [-0.1, -0.05) is 11.6 Å². The first-order chi connectivity index (χ1) is 8.49. The quantitative estimate of drug-likeness (QED) is 0.773. The Kier molecular flexibility index (Phi) is 3.43. The van der Waals surface area contributed by atoms with Gasteiger partial charge in [-0.25, -0.2) is 4.39 Å². The molecule has 0 N–H and O–H groups in total. The second kappa shape index (κ2) is 4.86. The average molecular weight is 264 g/mol. The van der Waals surface area contributed by atoms with Gasteiger partial charge in [-0.15, -0.1) is 0 Å². The summed E-state index contributed by atoms with van der Waals surface area (Å²) in [7, 11) is 0. The highest BCUT2D eigenvalue weighted by Gasteiger charge is 2.16. The molecule has 4 heteroatoms. The normalized spacial score (nSPS) is 10.4. The molecule has 0 bridgehead atoms. The summed E-state index contributed by atoms with van der Waals surface area (Å²) in [6.07, 6.45) is 0. The number of hydrogen-bond donors (Lipinski definition) is 0. The van der Waals surface area contributed by atoms with Gasteiger partial charge < -0.3 is 0 Å². The summed E-state index contributed by atoms with van der Waals surface area (Å²) in [5.74, 6) is -0.998. The predicted octanol–water partition coefficient (Wildman–Crippen LogP) is 3.72. The summed E-state index contributed by atoms with van der Waals surface area (Å²) in [4.78, 5) is 16.4.